The van der Waals surface area contributed by atoms with Gasteiger partial charge in [0.25, 0.3) is 0 Å². The molecule has 2 aliphatic carbocycles. The van der Waals surface area contributed by atoms with Crippen LogP contribution < -0.4 is 0 Å². The van der Waals surface area contributed by atoms with Gasteiger partial charge in [0.05, 0.1) is 0 Å². The highest BCUT2D eigenvalue weighted by Gasteiger charge is 2.18. The van der Waals surface area contributed by atoms with Crippen molar-refractivity contribution >= 4 is 5.57 Å². The van der Waals surface area contributed by atoms with Gasteiger partial charge in [-0.2, -0.15) is 0 Å². The fourth-order valence-corrected chi connectivity index (χ4v) is 6.01. The number of benzene rings is 2. The highest BCUT2D eigenvalue weighted by molar-refractivity contribution is 5.74. The van der Waals surface area contributed by atoms with E-state index in [9.17, 15) is 0 Å². The van der Waals surface area contributed by atoms with E-state index in [1.165, 1.54) is 76.6 Å². The Bertz CT molecular complexity index is 1300. The molecule has 0 spiro atoms. The zero-order valence-electron chi connectivity index (χ0n) is 22.7. The van der Waals surface area contributed by atoms with Crippen molar-refractivity contribution in [1.82, 2.24) is 4.98 Å². The molecule has 3 aromatic rings. The number of nitrogens with zero attached hydrogens (tertiary/aromatic N) is 1. The van der Waals surface area contributed by atoms with E-state index in [1.807, 2.05) is 6.20 Å². The van der Waals surface area contributed by atoms with Gasteiger partial charge in [0.1, 0.15) is 0 Å². The maximum Gasteiger partial charge on any atom is 0.0453 e. The number of aryl methyl sites for hydroxylation is 2. The zero-order chi connectivity index (χ0) is 25.6. The monoisotopic (exact) mass is 487 g/mol. The van der Waals surface area contributed by atoms with Crippen LogP contribution in [0, 0.1) is 18.8 Å². The lowest BCUT2D eigenvalue weighted by molar-refractivity contribution is 0.289. The van der Waals surface area contributed by atoms with Crippen LogP contribution in [0.2, 0.25) is 0 Å². The number of aromatic nitrogens is 1. The molecule has 1 aromatic heterocycles. The van der Waals surface area contributed by atoms with Gasteiger partial charge in [0.15, 0.2) is 0 Å². The average molecular weight is 488 g/mol. The molecule has 1 heterocycles. The first kappa shape index (κ1) is 25.5. The first-order chi connectivity index (χ1) is 18.0. The lowest BCUT2D eigenvalue weighted by atomic mass is 9.80. The lowest BCUT2D eigenvalue weighted by Gasteiger charge is -2.26. The molecule has 5 rings (SSSR count). The summed E-state index contributed by atoms with van der Waals surface area (Å²) in [6.07, 6.45) is 17.2. The van der Waals surface area contributed by atoms with Gasteiger partial charge in [-0.25, -0.2) is 0 Å². The molecule has 1 saturated carbocycles. The van der Waals surface area contributed by atoms with E-state index in [0.717, 1.165) is 43.2 Å². The second kappa shape index (κ2) is 11.9. The molecule has 0 saturated heterocycles. The molecule has 1 fully saturated rings. The van der Waals surface area contributed by atoms with Gasteiger partial charge in [0.2, 0.25) is 0 Å². The highest BCUT2D eigenvalue weighted by atomic mass is 14.7. The molecule has 2 aromatic carbocycles. The summed E-state index contributed by atoms with van der Waals surface area (Å²) < 4.78 is 0. The first-order valence-corrected chi connectivity index (χ1v) is 14.2. The van der Waals surface area contributed by atoms with Crippen molar-refractivity contribution in [3.8, 4) is 0 Å². The minimum absolute atomic E-state index is 0.857. The molecule has 0 radical (unpaired) electrons. The summed E-state index contributed by atoms with van der Waals surface area (Å²) in [6.45, 7) is 8.98. The van der Waals surface area contributed by atoms with E-state index in [0.29, 0.717) is 0 Å². The summed E-state index contributed by atoms with van der Waals surface area (Å²) in [7, 11) is 0. The van der Waals surface area contributed by atoms with E-state index in [4.69, 9.17) is 4.98 Å². The van der Waals surface area contributed by atoms with Gasteiger partial charge in [-0.3, -0.25) is 4.98 Å². The smallest absolute Gasteiger partial charge is 0.0453 e. The second-order valence-electron chi connectivity index (χ2n) is 11.5. The quantitative estimate of drug-likeness (QED) is 0.293. The van der Waals surface area contributed by atoms with E-state index >= 15 is 0 Å². The van der Waals surface area contributed by atoms with Gasteiger partial charge in [0, 0.05) is 18.3 Å². The third-order valence-corrected chi connectivity index (χ3v) is 8.34. The molecule has 37 heavy (non-hydrogen) atoms. The predicted octanol–water partition coefficient (Wildman–Crippen LogP) is 9.25. The number of hydrogen-bond acceptors (Lipinski definition) is 1. The minimum Gasteiger partial charge on any atom is -0.261 e. The summed E-state index contributed by atoms with van der Waals surface area (Å²) in [6, 6.07) is 22.5. The van der Waals surface area contributed by atoms with E-state index in [2.05, 4.69) is 93.2 Å². The van der Waals surface area contributed by atoms with Gasteiger partial charge in [-0.15, -0.1) is 0 Å². The normalized spacial score (nSPS) is 19.4. The average Bonchev–Trinajstić information content (AvgIpc) is 3.40. The Kier molecular flexibility index (Phi) is 8.19. The Morgan fingerprint density at radius 2 is 1.68 bits per heavy atom. The maximum absolute atomic E-state index is 4.72. The minimum atomic E-state index is 0.857. The molecule has 0 bridgehead atoms. The number of allylic oxidation sites excluding steroid dienone is 5. The van der Waals surface area contributed by atoms with Crippen molar-refractivity contribution in [2.75, 3.05) is 0 Å². The van der Waals surface area contributed by atoms with Crippen molar-refractivity contribution in [2.45, 2.75) is 71.6 Å². The van der Waals surface area contributed by atoms with Gasteiger partial charge in [-0.05, 0) is 103 Å². The Morgan fingerprint density at radius 3 is 2.51 bits per heavy atom. The van der Waals surface area contributed by atoms with Crippen LogP contribution in [0.5, 0.6) is 0 Å². The van der Waals surface area contributed by atoms with Crippen molar-refractivity contribution < 1.29 is 0 Å². The summed E-state index contributed by atoms with van der Waals surface area (Å²) >= 11 is 0. The fraction of sp³-hybridized carbons (Fsp3) is 0.361. The molecule has 0 atom stereocenters. The van der Waals surface area contributed by atoms with Crippen LogP contribution in [-0.4, -0.2) is 4.98 Å². The number of pyridine rings is 1. The standard InChI is InChI=1S/C36H41N/c1-26-10-13-30(14-11-26)21-31-8-5-9-32(22-31)23-36-25-35(18-19-37-36)34-17-16-33(24-34)28(3)12-15-29-7-4-6-27(2)20-29/h4-9,16-20,22,25-26,30H,3,10-15,21,23-24H2,1-2H3. The van der Waals surface area contributed by atoms with E-state index < -0.39 is 0 Å². The maximum atomic E-state index is 4.72. The lowest BCUT2D eigenvalue weighted by Crippen LogP contribution is -2.14. The number of hydrogen-bond donors (Lipinski definition) is 0. The molecule has 0 unspecified atom stereocenters. The number of rotatable bonds is 9. The topological polar surface area (TPSA) is 12.9 Å². The Balaban J connectivity index is 1.16. The van der Waals surface area contributed by atoms with Gasteiger partial charge >= 0.3 is 0 Å². The molecular weight excluding hydrogens is 446 g/mol. The Morgan fingerprint density at radius 1 is 0.892 bits per heavy atom. The van der Waals surface area contributed by atoms with Crippen LogP contribution >= 0.6 is 0 Å². The molecule has 0 amide bonds. The summed E-state index contributed by atoms with van der Waals surface area (Å²) in [5.41, 5.74) is 12.0. The molecule has 1 nitrogen and oxygen atoms in total. The van der Waals surface area contributed by atoms with Crippen LogP contribution in [-0.2, 0) is 19.3 Å². The van der Waals surface area contributed by atoms with Crippen molar-refractivity contribution in [1.29, 1.82) is 0 Å². The van der Waals surface area contributed by atoms with Crippen molar-refractivity contribution in [2.24, 2.45) is 11.8 Å². The molecule has 2 aliphatic rings. The van der Waals surface area contributed by atoms with Gasteiger partial charge < -0.3 is 0 Å². The Labute approximate surface area is 224 Å². The Hall–Kier alpha value is -3.19. The molecule has 0 N–H and O–H groups in total. The predicted molar refractivity (Wildman–Crippen MR) is 158 cm³/mol. The van der Waals surface area contributed by atoms with Crippen LogP contribution in [0.3, 0.4) is 0 Å². The summed E-state index contributed by atoms with van der Waals surface area (Å²) in [4.78, 5) is 4.72. The van der Waals surface area contributed by atoms with Crippen LogP contribution in [0.4, 0.5) is 0 Å². The highest BCUT2D eigenvalue weighted by Crippen LogP contribution is 2.34. The third-order valence-electron chi connectivity index (χ3n) is 8.34. The van der Waals surface area contributed by atoms with Crippen molar-refractivity contribution in [3.05, 3.63) is 130 Å². The van der Waals surface area contributed by atoms with E-state index in [-0.39, 0.29) is 0 Å². The SMILES string of the molecule is C=C(CCc1cccc(C)c1)C1=CC=C(c2ccnc(Cc3cccc(CC4CCC(C)CC4)c3)c2)C1. The fourth-order valence-electron chi connectivity index (χ4n) is 6.01. The van der Waals surface area contributed by atoms with Crippen molar-refractivity contribution in [3.63, 3.8) is 0 Å². The molecular formula is C36H41N. The zero-order valence-corrected chi connectivity index (χ0v) is 22.7. The van der Waals surface area contributed by atoms with E-state index in [1.54, 1.807) is 0 Å². The third kappa shape index (κ3) is 6.98. The summed E-state index contributed by atoms with van der Waals surface area (Å²) in [5, 5.41) is 0. The first-order valence-electron chi connectivity index (χ1n) is 14.2. The molecule has 190 valence electrons. The van der Waals surface area contributed by atoms with Crippen LogP contribution in [0.15, 0.2) is 96.7 Å². The molecule has 0 aliphatic heterocycles. The second-order valence-corrected chi connectivity index (χ2v) is 11.5. The van der Waals surface area contributed by atoms with Crippen LogP contribution in [0.1, 0.15) is 79.0 Å². The van der Waals surface area contributed by atoms with Gasteiger partial charge in [-0.1, -0.05) is 98.2 Å². The summed E-state index contributed by atoms with van der Waals surface area (Å²) in [5.74, 6) is 1.77. The van der Waals surface area contributed by atoms with Crippen LogP contribution in [0.25, 0.3) is 5.57 Å². The largest absolute Gasteiger partial charge is 0.261 e. The molecule has 1 heteroatoms.